The molecule has 7 heteroatoms. The zero-order valence-corrected chi connectivity index (χ0v) is 17.1. The van der Waals surface area contributed by atoms with Crippen LogP contribution in [0, 0.1) is 13.8 Å². The summed E-state index contributed by atoms with van der Waals surface area (Å²) in [5.74, 6) is 0.872. The van der Waals surface area contributed by atoms with E-state index in [1.165, 1.54) is 0 Å². The van der Waals surface area contributed by atoms with Crippen molar-refractivity contribution < 1.29 is 23.2 Å². The monoisotopic (exact) mass is 406 g/mol. The minimum atomic E-state index is -0.398. The quantitative estimate of drug-likeness (QED) is 0.408. The molecule has 154 valence electrons. The van der Waals surface area contributed by atoms with E-state index in [0.717, 1.165) is 33.2 Å². The number of fused-ring (bicyclic) bond motifs is 1. The summed E-state index contributed by atoms with van der Waals surface area (Å²) < 4.78 is 21.7. The van der Waals surface area contributed by atoms with Gasteiger partial charge in [-0.3, -0.25) is 4.79 Å². The predicted octanol–water partition coefficient (Wildman–Crippen LogP) is 4.78. The van der Waals surface area contributed by atoms with Crippen LogP contribution < -0.4 is 4.74 Å². The lowest BCUT2D eigenvalue weighted by Crippen LogP contribution is -2.08. The number of carbonyl (C=O) groups is 1. The molecule has 30 heavy (non-hydrogen) atoms. The van der Waals surface area contributed by atoms with Crippen LogP contribution in [0.3, 0.4) is 0 Å². The van der Waals surface area contributed by atoms with Gasteiger partial charge in [-0.05, 0) is 56.2 Å². The zero-order chi connectivity index (χ0) is 21.1. The summed E-state index contributed by atoms with van der Waals surface area (Å²) in [4.78, 5) is 16.6. The van der Waals surface area contributed by atoms with Gasteiger partial charge >= 0.3 is 5.97 Å². The van der Waals surface area contributed by atoms with Crippen LogP contribution in [-0.4, -0.2) is 22.7 Å². The van der Waals surface area contributed by atoms with E-state index in [0.29, 0.717) is 18.2 Å². The lowest BCUT2D eigenvalue weighted by molar-refractivity contribution is -0.144. The largest absolute Gasteiger partial charge is 0.493 e. The van der Waals surface area contributed by atoms with Gasteiger partial charge in [0, 0.05) is 10.9 Å². The Labute approximate surface area is 173 Å². The Morgan fingerprint density at radius 1 is 1.13 bits per heavy atom. The first-order valence-corrected chi connectivity index (χ1v) is 9.73. The van der Waals surface area contributed by atoms with Gasteiger partial charge in [0.1, 0.15) is 11.3 Å². The van der Waals surface area contributed by atoms with E-state index in [-0.39, 0.29) is 18.9 Å². The van der Waals surface area contributed by atoms with Crippen molar-refractivity contribution >= 4 is 16.9 Å². The van der Waals surface area contributed by atoms with Gasteiger partial charge in [0.05, 0.1) is 24.9 Å². The number of carbonyl (C=O) groups excluding carboxylic acids is 1. The average Bonchev–Trinajstić information content (AvgIpc) is 3.35. The summed E-state index contributed by atoms with van der Waals surface area (Å²) in [6, 6.07) is 11.4. The van der Waals surface area contributed by atoms with Crippen LogP contribution in [0.5, 0.6) is 5.75 Å². The Morgan fingerprint density at radius 2 is 1.93 bits per heavy atom. The SMILES string of the molecule is CCOc1ccccc1-c1noc(COC(=O)Cc2coc3cc(C)c(C)cc23)n1. The van der Waals surface area contributed by atoms with Gasteiger partial charge < -0.3 is 18.4 Å². The molecule has 4 aromatic rings. The molecule has 7 nitrogen and oxygen atoms in total. The Hall–Kier alpha value is -3.61. The molecule has 0 unspecified atom stereocenters. The molecule has 0 aliphatic rings. The number of nitrogens with zero attached hydrogens (tertiary/aromatic N) is 2. The molecule has 0 spiro atoms. The summed E-state index contributed by atoms with van der Waals surface area (Å²) in [5.41, 5.74) is 4.55. The second-order valence-corrected chi connectivity index (χ2v) is 6.97. The molecule has 0 atom stereocenters. The number of furan rings is 1. The Bertz CT molecular complexity index is 1190. The summed E-state index contributed by atoms with van der Waals surface area (Å²) in [7, 11) is 0. The number of para-hydroxylation sites is 1. The first-order chi connectivity index (χ1) is 14.5. The molecule has 2 aromatic carbocycles. The van der Waals surface area contributed by atoms with E-state index in [1.807, 2.05) is 57.2 Å². The van der Waals surface area contributed by atoms with E-state index >= 15 is 0 Å². The lowest BCUT2D eigenvalue weighted by Gasteiger charge is -2.06. The van der Waals surface area contributed by atoms with Gasteiger partial charge in [-0.2, -0.15) is 4.98 Å². The minimum Gasteiger partial charge on any atom is -0.493 e. The molecule has 0 saturated carbocycles. The van der Waals surface area contributed by atoms with Gasteiger partial charge in [-0.25, -0.2) is 0 Å². The topological polar surface area (TPSA) is 87.6 Å². The third-order valence-corrected chi connectivity index (χ3v) is 4.86. The molecule has 0 fully saturated rings. The second kappa shape index (κ2) is 8.41. The summed E-state index contributed by atoms with van der Waals surface area (Å²) in [5, 5.41) is 4.89. The molecule has 0 aliphatic carbocycles. The maximum Gasteiger partial charge on any atom is 0.310 e. The normalized spacial score (nSPS) is 11.0. The number of ether oxygens (including phenoxy) is 2. The molecular weight excluding hydrogens is 384 g/mol. The van der Waals surface area contributed by atoms with E-state index in [9.17, 15) is 4.79 Å². The van der Waals surface area contributed by atoms with Crippen molar-refractivity contribution in [3.63, 3.8) is 0 Å². The molecule has 0 bridgehead atoms. The maximum absolute atomic E-state index is 12.3. The van der Waals surface area contributed by atoms with E-state index in [1.54, 1.807) is 6.26 Å². The molecule has 2 aromatic heterocycles. The van der Waals surface area contributed by atoms with Crippen LogP contribution in [0.2, 0.25) is 0 Å². The van der Waals surface area contributed by atoms with Crippen molar-refractivity contribution in [1.29, 1.82) is 0 Å². The molecule has 0 N–H and O–H groups in total. The Morgan fingerprint density at radius 3 is 2.77 bits per heavy atom. The smallest absolute Gasteiger partial charge is 0.310 e. The highest BCUT2D eigenvalue weighted by molar-refractivity contribution is 5.86. The van der Waals surface area contributed by atoms with Gasteiger partial charge in [0.15, 0.2) is 6.61 Å². The molecular formula is C23H22N2O5. The predicted molar refractivity (Wildman–Crippen MR) is 110 cm³/mol. The summed E-state index contributed by atoms with van der Waals surface area (Å²) >= 11 is 0. The number of esters is 1. The highest BCUT2D eigenvalue weighted by atomic mass is 16.6. The fraction of sp³-hybridized carbons (Fsp3) is 0.261. The third-order valence-electron chi connectivity index (χ3n) is 4.86. The van der Waals surface area contributed by atoms with Gasteiger partial charge in [0.2, 0.25) is 5.82 Å². The van der Waals surface area contributed by atoms with Gasteiger partial charge in [0.25, 0.3) is 5.89 Å². The average molecular weight is 406 g/mol. The van der Waals surface area contributed by atoms with Crippen molar-refractivity contribution in [2.24, 2.45) is 0 Å². The van der Waals surface area contributed by atoms with E-state index in [4.69, 9.17) is 18.4 Å². The van der Waals surface area contributed by atoms with Crippen LogP contribution in [0.1, 0.15) is 29.5 Å². The molecule has 0 radical (unpaired) electrons. The number of aryl methyl sites for hydroxylation is 2. The highest BCUT2D eigenvalue weighted by Gasteiger charge is 2.16. The maximum atomic E-state index is 12.3. The van der Waals surface area contributed by atoms with Gasteiger partial charge in [-0.1, -0.05) is 17.3 Å². The summed E-state index contributed by atoms with van der Waals surface area (Å²) in [6.45, 7) is 6.39. The molecule has 0 amide bonds. The Balaban J connectivity index is 1.41. The molecule has 4 rings (SSSR count). The van der Waals surface area contributed by atoms with E-state index < -0.39 is 5.97 Å². The van der Waals surface area contributed by atoms with Crippen LogP contribution in [0.25, 0.3) is 22.4 Å². The summed E-state index contributed by atoms with van der Waals surface area (Å²) in [6.07, 6.45) is 1.70. The van der Waals surface area contributed by atoms with Crippen molar-refractivity contribution in [2.45, 2.75) is 33.8 Å². The molecule has 2 heterocycles. The molecule has 0 saturated heterocycles. The van der Waals surface area contributed by atoms with Crippen molar-refractivity contribution in [2.75, 3.05) is 6.61 Å². The van der Waals surface area contributed by atoms with Crippen LogP contribution in [-0.2, 0) is 22.6 Å². The first-order valence-electron chi connectivity index (χ1n) is 9.73. The standard InChI is InChI=1S/C23H22N2O5/c1-4-27-19-8-6-5-7-17(19)23-24-21(30-25-23)13-29-22(26)11-16-12-28-20-10-15(3)14(2)9-18(16)20/h5-10,12H,4,11,13H2,1-3H3. The Kier molecular flexibility index (Phi) is 5.52. The number of hydrogen-bond acceptors (Lipinski definition) is 7. The van der Waals surface area contributed by atoms with Crippen molar-refractivity contribution in [3.8, 4) is 17.1 Å². The number of benzene rings is 2. The first kappa shape index (κ1) is 19.7. The van der Waals surface area contributed by atoms with Crippen LogP contribution >= 0.6 is 0 Å². The third kappa shape index (κ3) is 4.05. The second-order valence-electron chi connectivity index (χ2n) is 6.97. The van der Waals surface area contributed by atoms with E-state index in [2.05, 4.69) is 10.1 Å². The highest BCUT2D eigenvalue weighted by Crippen LogP contribution is 2.28. The van der Waals surface area contributed by atoms with Crippen LogP contribution in [0.15, 0.2) is 51.6 Å². The fourth-order valence-corrected chi connectivity index (χ4v) is 3.18. The number of hydrogen-bond donors (Lipinski definition) is 0. The fourth-order valence-electron chi connectivity index (χ4n) is 3.18. The van der Waals surface area contributed by atoms with Gasteiger partial charge in [-0.15, -0.1) is 0 Å². The lowest BCUT2D eigenvalue weighted by atomic mass is 10.0. The zero-order valence-electron chi connectivity index (χ0n) is 17.1. The van der Waals surface area contributed by atoms with Crippen molar-refractivity contribution in [3.05, 3.63) is 65.2 Å². The van der Waals surface area contributed by atoms with Crippen LogP contribution in [0.4, 0.5) is 0 Å². The number of rotatable bonds is 7. The number of aromatic nitrogens is 2. The minimum absolute atomic E-state index is 0.101. The molecule has 0 aliphatic heterocycles. The van der Waals surface area contributed by atoms with Crippen molar-refractivity contribution in [1.82, 2.24) is 10.1 Å².